The van der Waals surface area contributed by atoms with E-state index < -0.39 is 17.4 Å². The Bertz CT molecular complexity index is 474. The van der Waals surface area contributed by atoms with E-state index >= 15 is 0 Å². The van der Waals surface area contributed by atoms with Crippen molar-refractivity contribution >= 4 is 17.6 Å². The summed E-state index contributed by atoms with van der Waals surface area (Å²) in [5.74, 6) is -0.967. The first-order chi connectivity index (χ1) is 8.79. The van der Waals surface area contributed by atoms with Crippen LogP contribution in [-0.4, -0.2) is 25.7 Å². The molecule has 0 aliphatic carbocycles. The number of hydrogen-bond acceptors (Lipinski definition) is 5. The van der Waals surface area contributed by atoms with Crippen LogP contribution in [0, 0.1) is 12.3 Å². The second-order valence-corrected chi connectivity index (χ2v) is 4.99. The highest BCUT2D eigenvalue weighted by atomic mass is 16.5. The lowest BCUT2D eigenvalue weighted by atomic mass is 9.95. The topological polar surface area (TPSA) is 78.6 Å². The van der Waals surface area contributed by atoms with Crippen molar-refractivity contribution in [2.75, 3.05) is 19.5 Å². The molecule has 2 N–H and O–H groups in total. The molecule has 0 aliphatic heterocycles. The third-order valence-corrected chi connectivity index (χ3v) is 2.81. The smallest absolute Gasteiger partial charge is 0.340 e. The van der Waals surface area contributed by atoms with Crippen LogP contribution in [0.4, 0.5) is 5.69 Å². The van der Waals surface area contributed by atoms with Crippen LogP contribution in [0.5, 0.6) is 0 Å². The number of hydrogen-bond donors (Lipinski definition) is 1. The maximum atomic E-state index is 12.0. The van der Waals surface area contributed by atoms with Crippen molar-refractivity contribution in [1.82, 2.24) is 0 Å². The number of methoxy groups -OCH3 is 1. The van der Waals surface area contributed by atoms with Crippen LogP contribution in [0.2, 0.25) is 0 Å². The molecule has 1 aromatic rings. The average Bonchev–Trinajstić information content (AvgIpc) is 2.35. The summed E-state index contributed by atoms with van der Waals surface area (Å²) < 4.78 is 9.80. The van der Waals surface area contributed by atoms with Gasteiger partial charge in [0.25, 0.3) is 0 Å². The third kappa shape index (κ3) is 3.47. The fourth-order valence-electron chi connectivity index (χ4n) is 1.62. The molecule has 0 atom stereocenters. The molecule has 5 heteroatoms. The Morgan fingerprint density at radius 2 is 1.95 bits per heavy atom. The molecule has 0 amide bonds. The van der Waals surface area contributed by atoms with Gasteiger partial charge in [-0.05, 0) is 32.4 Å². The third-order valence-electron chi connectivity index (χ3n) is 2.81. The predicted octanol–water partition coefficient (Wildman–Crippen LogP) is 1.93. The summed E-state index contributed by atoms with van der Waals surface area (Å²) >= 11 is 0. The molecule has 1 aromatic carbocycles. The first kappa shape index (κ1) is 15.0. The van der Waals surface area contributed by atoms with E-state index in [1.807, 2.05) is 0 Å². The minimum atomic E-state index is -0.887. The number of ether oxygens (including phenoxy) is 2. The van der Waals surface area contributed by atoms with Crippen LogP contribution in [0.25, 0.3) is 0 Å². The van der Waals surface area contributed by atoms with Gasteiger partial charge < -0.3 is 15.2 Å². The quantitative estimate of drug-likeness (QED) is 0.664. The largest absolute Gasteiger partial charge is 0.469 e. The van der Waals surface area contributed by atoms with Gasteiger partial charge >= 0.3 is 11.9 Å². The highest BCUT2D eigenvalue weighted by molar-refractivity contribution is 5.96. The van der Waals surface area contributed by atoms with Gasteiger partial charge in [-0.25, -0.2) is 4.79 Å². The van der Waals surface area contributed by atoms with Gasteiger partial charge in [-0.3, -0.25) is 4.79 Å². The van der Waals surface area contributed by atoms with Gasteiger partial charge in [-0.15, -0.1) is 0 Å². The Hall–Kier alpha value is -2.04. The van der Waals surface area contributed by atoms with Crippen LogP contribution in [-0.2, 0) is 14.3 Å². The normalized spacial score (nSPS) is 10.9. The van der Waals surface area contributed by atoms with Gasteiger partial charge in [-0.1, -0.05) is 12.1 Å². The zero-order valence-electron chi connectivity index (χ0n) is 11.6. The standard InChI is InChI=1S/C14H19NO4/c1-9-6-5-7-10(15)11(9)12(16)19-8-14(2,3)13(17)18-4/h5-7H,8,15H2,1-4H3. The van der Waals surface area contributed by atoms with Gasteiger partial charge in [0.05, 0.1) is 18.1 Å². The predicted molar refractivity (Wildman–Crippen MR) is 71.7 cm³/mol. The molecule has 19 heavy (non-hydrogen) atoms. The van der Waals surface area contributed by atoms with Gasteiger partial charge in [0.15, 0.2) is 0 Å². The summed E-state index contributed by atoms with van der Waals surface area (Å²) in [5.41, 5.74) is 6.30. The van der Waals surface area contributed by atoms with Gasteiger partial charge in [0.1, 0.15) is 6.61 Å². The first-order valence-corrected chi connectivity index (χ1v) is 5.90. The Kier molecular flexibility index (Phi) is 4.53. The summed E-state index contributed by atoms with van der Waals surface area (Å²) in [4.78, 5) is 23.5. The summed E-state index contributed by atoms with van der Waals surface area (Å²) in [7, 11) is 1.30. The Morgan fingerprint density at radius 3 is 2.47 bits per heavy atom. The fraction of sp³-hybridized carbons (Fsp3) is 0.429. The molecule has 1 rings (SSSR count). The summed E-state index contributed by atoms with van der Waals surface area (Å²) in [5, 5.41) is 0. The summed E-state index contributed by atoms with van der Waals surface area (Å²) in [6.45, 7) is 5.01. The Morgan fingerprint density at radius 1 is 1.32 bits per heavy atom. The molecule has 0 saturated carbocycles. The Labute approximate surface area is 112 Å². The van der Waals surface area contributed by atoms with Crippen molar-refractivity contribution in [1.29, 1.82) is 0 Å². The van der Waals surface area contributed by atoms with Crippen LogP contribution < -0.4 is 5.73 Å². The zero-order valence-corrected chi connectivity index (χ0v) is 11.6. The maximum absolute atomic E-state index is 12.0. The number of aryl methyl sites for hydroxylation is 1. The summed E-state index contributed by atoms with van der Waals surface area (Å²) in [6, 6.07) is 5.17. The van der Waals surface area contributed by atoms with E-state index in [0.717, 1.165) is 5.56 Å². The van der Waals surface area contributed by atoms with Gasteiger partial charge in [-0.2, -0.15) is 0 Å². The van der Waals surface area contributed by atoms with Crippen LogP contribution in [0.15, 0.2) is 18.2 Å². The molecule has 0 bridgehead atoms. The minimum absolute atomic E-state index is 0.0632. The number of nitrogen functional groups attached to an aromatic ring is 1. The van der Waals surface area contributed by atoms with Crippen molar-refractivity contribution in [3.8, 4) is 0 Å². The molecule has 0 heterocycles. The number of anilines is 1. The maximum Gasteiger partial charge on any atom is 0.340 e. The first-order valence-electron chi connectivity index (χ1n) is 5.90. The van der Waals surface area contributed by atoms with Crippen molar-refractivity contribution in [2.24, 2.45) is 5.41 Å². The SMILES string of the molecule is COC(=O)C(C)(C)COC(=O)c1c(C)cccc1N. The van der Waals surface area contributed by atoms with E-state index in [1.54, 1.807) is 39.0 Å². The minimum Gasteiger partial charge on any atom is -0.469 e. The number of benzene rings is 1. The van der Waals surface area contributed by atoms with Crippen molar-refractivity contribution < 1.29 is 19.1 Å². The summed E-state index contributed by atoms with van der Waals surface area (Å²) in [6.07, 6.45) is 0. The number of carbonyl (C=O) groups is 2. The molecule has 0 aromatic heterocycles. The molecule has 0 aliphatic rings. The van der Waals surface area contributed by atoms with E-state index in [1.165, 1.54) is 7.11 Å². The molecule has 104 valence electrons. The highest BCUT2D eigenvalue weighted by Gasteiger charge is 2.31. The molecule has 0 spiro atoms. The van der Waals surface area contributed by atoms with Crippen molar-refractivity contribution in [3.63, 3.8) is 0 Å². The van der Waals surface area contributed by atoms with E-state index in [-0.39, 0.29) is 6.61 Å². The molecule has 0 unspecified atom stereocenters. The molecular formula is C14H19NO4. The second kappa shape index (κ2) is 5.73. The van der Waals surface area contributed by atoms with Gasteiger partial charge in [0.2, 0.25) is 0 Å². The number of rotatable bonds is 4. The molecule has 5 nitrogen and oxygen atoms in total. The number of nitrogens with two attached hydrogens (primary N) is 1. The Balaban J connectivity index is 2.79. The molecular weight excluding hydrogens is 246 g/mol. The monoisotopic (exact) mass is 265 g/mol. The lowest BCUT2D eigenvalue weighted by molar-refractivity contribution is -0.152. The van der Waals surface area contributed by atoms with Crippen LogP contribution >= 0.6 is 0 Å². The molecule has 0 fully saturated rings. The average molecular weight is 265 g/mol. The van der Waals surface area contributed by atoms with E-state index in [0.29, 0.717) is 11.3 Å². The molecule has 0 radical (unpaired) electrons. The van der Waals surface area contributed by atoms with Crippen LogP contribution in [0.1, 0.15) is 29.8 Å². The number of esters is 2. The fourth-order valence-corrected chi connectivity index (χ4v) is 1.62. The van der Waals surface area contributed by atoms with E-state index in [2.05, 4.69) is 4.74 Å². The lowest BCUT2D eigenvalue weighted by Crippen LogP contribution is -2.32. The van der Waals surface area contributed by atoms with Crippen LogP contribution in [0.3, 0.4) is 0 Å². The van der Waals surface area contributed by atoms with Crippen molar-refractivity contribution in [2.45, 2.75) is 20.8 Å². The van der Waals surface area contributed by atoms with Gasteiger partial charge in [0, 0.05) is 5.69 Å². The highest BCUT2D eigenvalue weighted by Crippen LogP contribution is 2.21. The number of carbonyl (C=O) groups excluding carboxylic acids is 2. The van der Waals surface area contributed by atoms with Crippen molar-refractivity contribution in [3.05, 3.63) is 29.3 Å². The lowest BCUT2D eigenvalue weighted by Gasteiger charge is -2.21. The second-order valence-electron chi connectivity index (χ2n) is 4.99. The van der Waals surface area contributed by atoms with E-state index in [4.69, 9.17) is 10.5 Å². The zero-order chi connectivity index (χ0) is 14.6. The molecule has 0 saturated heterocycles. The van der Waals surface area contributed by atoms with E-state index in [9.17, 15) is 9.59 Å².